The van der Waals surface area contributed by atoms with Gasteiger partial charge in [0.05, 0.1) is 12.1 Å². The Bertz CT molecular complexity index is 635. The fourth-order valence-corrected chi connectivity index (χ4v) is 2.43. The molecule has 0 N–H and O–H groups in total. The summed E-state index contributed by atoms with van der Waals surface area (Å²) in [6, 6.07) is 4.95. The first kappa shape index (κ1) is 15.0. The second-order valence-corrected chi connectivity index (χ2v) is 5.30. The molecule has 1 saturated heterocycles. The van der Waals surface area contributed by atoms with Crippen LogP contribution in [0.3, 0.4) is 0 Å². The molecule has 2 aromatic rings. The minimum Gasteiger partial charge on any atom is -0.381 e. The number of hydrogen-bond acceptors (Lipinski definition) is 4. The summed E-state index contributed by atoms with van der Waals surface area (Å²) in [5.41, 5.74) is -0.404. The zero-order valence-corrected chi connectivity index (χ0v) is 11.8. The highest BCUT2D eigenvalue weighted by Crippen LogP contribution is 2.31. The van der Waals surface area contributed by atoms with E-state index in [4.69, 9.17) is 4.74 Å². The Balaban J connectivity index is 1.75. The minimum absolute atomic E-state index is 0.207. The molecule has 22 heavy (non-hydrogen) atoms. The monoisotopic (exact) mass is 312 g/mol. The molecule has 1 aliphatic rings. The molecule has 0 atom stereocenters. The van der Waals surface area contributed by atoms with Crippen molar-refractivity contribution < 1.29 is 17.9 Å². The van der Waals surface area contributed by atoms with Crippen molar-refractivity contribution in [2.45, 2.75) is 25.6 Å². The number of halogens is 3. The second kappa shape index (κ2) is 6.04. The van der Waals surface area contributed by atoms with Crippen LogP contribution in [0.4, 0.5) is 13.2 Å². The van der Waals surface area contributed by atoms with Crippen LogP contribution in [0, 0.1) is 5.92 Å². The summed E-state index contributed by atoms with van der Waals surface area (Å²) >= 11 is 0. The lowest BCUT2D eigenvalue weighted by atomic mass is 10.0. The number of ether oxygens (including phenoxy) is 1. The van der Waals surface area contributed by atoms with Gasteiger partial charge < -0.3 is 4.74 Å². The van der Waals surface area contributed by atoms with Gasteiger partial charge in [0, 0.05) is 18.8 Å². The van der Waals surface area contributed by atoms with E-state index in [0.717, 1.165) is 38.2 Å². The van der Waals surface area contributed by atoms with Gasteiger partial charge in [0.2, 0.25) is 5.82 Å². The first-order chi connectivity index (χ1) is 10.5. The molecule has 2 heterocycles. The first-order valence-electron chi connectivity index (χ1n) is 7.05. The van der Waals surface area contributed by atoms with E-state index in [1.807, 2.05) is 0 Å². The Labute approximate surface area is 125 Å². The summed E-state index contributed by atoms with van der Waals surface area (Å²) in [5, 5.41) is 12.0. The molecule has 0 radical (unpaired) electrons. The third-order valence-electron chi connectivity index (χ3n) is 3.66. The van der Waals surface area contributed by atoms with Crippen LogP contribution >= 0.6 is 0 Å². The number of rotatable bonds is 3. The molecular formula is C14H15F3N4O. The molecule has 1 aromatic carbocycles. The predicted molar refractivity (Wildman–Crippen MR) is 71.8 cm³/mol. The smallest absolute Gasteiger partial charge is 0.381 e. The summed E-state index contributed by atoms with van der Waals surface area (Å²) in [5.74, 6) is 0.621. The quantitative estimate of drug-likeness (QED) is 0.874. The van der Waals surface area contributed by atoms with Crippen LogP contribution in [0.2, 0.25) is 0 Å². The molecule has 5 nitrogen and oxygen atoms in total. The van der Waals surface area contributed by atoms with Crippen LogP contribution in [-0.4, -0.2) is 33.4 Å². The highest BCUT2D eigenvalue weighted by atomic mass is 19.4. The molecule has 3 rings (SSSR count). The fourth-order valence-electron chi connectivity index (χ4n) is 2.43. The van der Waals surface area contributed by atoms with E-state index in [-0.39, 0.29) is 5.82 Å². The van der Waals surface area contributed by atoms with Crippen LogP contribution < -0.4 is 0 Å². The molecule has 0 aliphatic carbocycles. The van der Waals surface area contributed by atoms with Gasteiger partial charge in [-0.3, -0.25) is 0 Å². The van der Waals surface area contributed by atoms with Crippen molar-refractivity contribution in [2.24, 2.45) is 5.92 Å². The van der Waals surface area contributed by atoms with E-state index >= 15 is 0 Å². The maximum Gasteiger partial charge on any atom is 0.416 e. The molecule has 0 spiro atoms. The Morgan fingerprint density at radius 1 is 1.23 bits per heavy atom. The van der Waals surface area contributed by atoms with Gasteiger partial charge in [-0.15, -0.1) is 10.2 Å². The predicted octanol–water partition coefficient (Wildman–Crippen LogP) is 2.79. The van der Waals surface area contributed by atoms with Gasteiger partial charge in [0.1, 0.15) is 0 Å². The molecule has 1 aromatic heterocycles. The SMILES string of the molecule is FC(F)(F)c1cccc(-c2nnn(CC3CCOCC3)n2)c1. The topological polar surface area (TPSA) is 52.8 Å². The number of tetrazole rings is 1. The van der Waals surface area contributed by atoms with Crippen LogP contribution in [0.1, 0.15) is 18.4 Å². The van der Waals surface area contributed by atoms with Gasteiger partial charge in [-0.1, -0.05) is 12.1 Å². The minimum atomic E-state index is -4.38. The van der Waals surface area contributed by atoms with E-state index in [0.29, 0.717) is 18.0 Å². The Hall–Kier alpha value is -1.96. The average molecular weight is 312 g/mol. The number of benzene rings is 1. The van der Waals surface area contributed by atoms with Crippen LogP contribution in [0.5, 0.6) is 0 Å². The Morgan fingerprint density at radius 3 is 2.73 bits per heavy atom. The maximum atomic E-state index is 12.7. The number of aromatic nitrogens is 4. The van der Waals surface area contributed by atoms with Crippen molar-refractivity contribution in [2.75, 3.05) is 13.2 Å². The molecule has 1 fully saturated rings. The summed E-state index contributed by atoms with van der Waals surface area (Å²) < 4.78 is 43.5. The zero-order chi connectivity index (χ0) is 15.6. The molecule has 8 heteroatoms. The van der Waals surface area contributed by atoms with Gasteiger partial charge >= 0.3 is 6.18 Å². The van der Waals surface area contributed by atoms with E-state index in [9.17, 15) is 13.2 Å². The van der Waals surface area contributed by atoms with Crippen molar-refractivity contribution in [3.63, 3.8) is 0 Å². The van der Waals surface area contributed by atoms with Crippen LogP contribution in [0.25, 0.3) is 11.4 Å². The molecular weight excluding hydrogens is 297 g/mol. The molecule has 0 unspecified atom stereocenters. The lowest BCUT2D eigenvalue weighted by molar-refractivity contribution is -0.137. The van der Waals surface area contributed by atoms with E-state index in [1.54, 1.807) is 6.07 Å². The largest absolute Gasteiger partial charge is 0.416 e. The summed E-state index contributed by atoms with van der Waals surface area (Å²) in [6.07, 6.45) is -2.52. The second-order valence-electron chi connectivity index (χ2n) is 5.30. The third kappa shape index (κ3) is 3.44. The number of nitrogens with zero attached hydrogens (tertiary/aromatic N) is 4. The fraction of sp³-hybridized carbons (Fsp3) is 0.500. The van der Waals surface area contributed by atoms with Crippen molar-refractivity contribution in [1.29, 1.82) is 0 Å². The van der Waals surface area contributed by atoms with Gasteiger partial charge in [0.25, 0.3) is 0 Å². The normalized spacial score (nSPS) is 16.9. The molecule has 118 valence electrons. The summed E-state index contributed by atoms with van der Waals surface area (Å²) in [6.45, 7) is 2.05. The standard InChI is InChI=1S/C14H15F3N4O/c15-14(16,17)12-3-1-2-11(8-12)13-18-20-21(19-13)9-10-4-6-22-7-5-10/h1-3,8,10H,4-7,9H2. The first-order valence-corrected chi connectivity index (χ1v) is 7.05. The summed E-state index contributed by atoms with van der Waals surface area (Å²) in [7, 11) is 0. The summed E-state index contributed by atoms with van der Waals surface area (Å²) in [4.78, 5) is 1.45. The van der Waals surface area contributed by atoms with Crippen molar-refractivity contribution in [3.05, 3.63) is 29.8 Å². The van der Waals surface area contributed by atoms with Gasteiger partial charge in [-0.05, 0) is 36.1 Å². The van der Waals surface area contributed by atoms with Crippen molar-refractivity contribution >= 4 is 0 Å². The molecule has 0 bridgehead atoms. The van der Waals surface area contributed by atoms with Crippen molar-refractivity contribution in [3.8, 4) is 11.4 Å². The highest BCUT2D eigenvalue weighted by molar-refractivity contribution is 5.55. The third-order valence-corrected chi connectivity index (χ3v) is 3.66. The zero-order valence-electron chi connectivity index (χ0n) is 11.8. The van der Waals surface area contributed by atoms with Crippen molar-refractivity contribution in [1.82, 2.24) is 20.2 Å². The van der Waals surface area contributed by atoms with E-state index < -0.39 is 11.7 Å². The van der Waals surface area contributed by atoms with Gasteiger partial charge in [-0.25, -0.2) is 0 Å². The molecule has 0 amide bonds. The van der Waals surface area contributed by atoms with E-state index in [2.05, 4.69) is 15.4 Å². The highest BCUT2D eigenvalue weighted by Gasteiger charge is 2.30. The lowest BCUT2D eigenvalue weighted by Gasteiger charge is -2.20. The Kier molecular flexibility index (Phi) is 4.10. The van der Waals surface area contributed by atoms with Crippen LogP contribution in [-0.2, 0) is 17.5 Å². The average Bonchev–Trinajstić information content (AvgIpc) is 2.96. The number of hydrogen-bond donors (Lipinski definition) is 0. The Morgan fingerprint density at radius 2 is 2.00 bits per heavy atom. The lowest BCUT2D eigenvalue weighted by Crippen LogP contribution is -2.21. The van der Waals surface area contributed by atoms with Crippen LogP contribution in [0.15, 0.2) is 24.3 Å². The van der Waals surface area contributed by atoms with Gasteiger partial charge in [0.15, 0.2) is 0 Å². The van der Waals surface area contributed by atoms with E-state index in [1.165, 1.54) is 10.9 Å². The maximum absolute atomic E-state index is 12.7. The number of alkyl halides is 3. The molecule has 1 aliphatic heterocycles. The molecule has 0 saturated carbocycles. The van der Waals surface area contributed by atoms with Gasteiger partial charge in [-0.2, -0.15) is 18.0 Å².